The van der Waals surface area contributed by atoms with Gasteiger partial charge in [-0.05, 0) is 68.2 Å². The minimum Gasteiger partial charge on any atom is -0.479 e. The first-order valence-corrected chi connectivity index (χ1v) is 11.0. The number of nitrogens with zero attached hydrogens (tertiary/aromatic N) is 6. The minimum atomic E-state index is -0.184. The number of fused-ring (bicyclic) bond motifs is 1. The Labute approximate surface area is 191 Å². The molecule has 8 heteroatoms. The second-order valence-corrected chi connectivity index (χ2v) is 8.27. The summed E-state index contributed by atoms with van der Waals surface area (Å²) in [5.74, 6) is 1.99. The lowest BCUT2D eigenvalue weighted by Crippen LogP contribution is -2.18. The number of aryl methyl sites for hydroxylation is 3. The third kappa shape index (κ3) is 4.16. The maximum absolute atomic E-state index is 13.7. The number of hydrogen-bond donors (Lipinski definition) is 0. The number of pyridine rings is 1. The smallest absolute Gasteiger partial charge is 0.238 e. The summed E-state index contributed by atoms with van der Waals surface area (Å²) in [5.41, 5.74) is 4.22. The van der Waals surface area contributed by atoms with Crippen molar-refractivity contribution in [2.75, 3.05) is 7.11 Å². The van der Waals surface area contributed by atoms with E-state index in [0.717, 1.165) is 47.8 Å². The van der Waals surface area contributed by atoms with Crippen molar-refractivity contribution in [2.24, 2.45) is 0 Å². The molecule has 0 aliphatic carbocycles. The maximum atomic E-state index is 13.7. The Morgan fingerprint density at radius 3 is 2.76 bits per heavy atom. The highest BCUT2D eigenvalue weighted by molar-refractivity contribution is 5.65. The van der Waals surface area contributed by atoms with E-state index in [9.17, 15) is 4.39 Å². The predicted octanol–water partition coefficient (Wildman–Crippen LogP) is 4.72. The van der Waals surface area contributed by atoms with Crippen LogP contribution in [-0.4, -0.2) is 36.4 Å². The molecule has 4 heterocycles. The summed E-state index contributed by atoms with van der Waals surface area (Å²) in [6.07, 6.45) is 9.39. The number of halogens is 1. The molecule has 0 amide bonds. The van der Waals surface area contributed by atoms with Crippen molar-refractivity contribution in [2.45, 2.75) is 39.2 Å². The topological polar surface area (TPSA) is 70.7 Å². The third-order valence-corrected chi connectivity index (χ3v) is 5.92. The van der Waals surface area contributed by atoms with Crippen LogP contribution >= 0.6 is 0 Å². The van der Waals surface area contributed by atoms with E-state index in [1.54, 1.807) is 20.4 Å². The lowest BCUT2D eigenvalue weighted by atomic mass is 9.90. The fourth-order valence-electron chi connectivity index (χ4n) is 4.24. The summed E-state index contributed by atoms with van der Waals surface area (Å²) < 4.78 is 23.1. The summed E-state index contributed by atoms with van der Waals surface area (Å²) in [6, 6.07) is 9.18. The molecular formula is C25H25FN6O. The molecule has 168 valence electrons. The lowest BCUT2D eigenvalue weighted by Gasteiger charge is -2.22. The van der Waals surface area contributed by atoms with Crippen LogP contribution in [0.4, 0.5) is 4.39 Å². The summed E-state index contributed by atoms with van der Waals surface area (Å²) in [5, 5.41) is 4.67. The molecule has 33 heavy (non-hydrogen) atoms. The van der Waals surface area contributed by atoms with Gasteiger partial charge in [0.05, 0.1) is 24.8 Å². The number of imidazole rings is 1. The van der Waals surface area contributed by atoms with Gasteiger partial charge in [0.15, 0.2) is 5.82 Å². The van der Waals surface area contributed by atoms with Crippen LogP contribution in [0.3, 0.4) is 0 Å². The SMILES string of the molecule is COc1nc(C=Cc2nc3n(n2)CCC[C@H]3c2ccc(F)c(C)c2)ccc1-n1cnc(C)c1. The average molecular weight is 445 g/mol. The molecule has 0 radical (unpaired) electrons. The van der Waals surface area contributed by atoms with Gasteiger partial charge in [-0.25, -0.2) is 24.0 Å². The molecule has 0 saturated carbocycles. The standard InChI is InChI=1S/C25H25FN6O/c1-16-13-18(6-9-21(16)26)20-5-4-12-32-24(20)29-23(30-32)11-8-19-7-10-22(25(28-19)33-3)31-14-17(2)27-15-31/h6-11,13-15,20H,4-5,12H2,1-3H3/t20-/m0/s1. The summed E-state index contributed by atoms with van der Waals surface area (Å²) in [6.45, 7) is 4.56. The van der Waals surface area contributed by atoms with Gasteiger partial charge >= 0.3 is 0 Å². The Bertz CT molecular complexity index is 1340. The average Bonchev–Trinajstić information content (AvgIpc) is 3.45. The van der Waals surface area contributed by atoms with Gasteiger partial charge in [0.25, 0.3) is 0 Å². The Morgan fingerprint density at radius 1 is 1.12 bits per heavy atom. The maximum Gasteiger partial charge on any atom is 0.238 e. The summed E-state index contributed by atoms with van der Waals surface area (Å²) in [4.78, 5) is 13.6. The van der Waals surface area contributed by atoms with E-state index in [4.69, 9.17) is 9.72 Å². The van der Waals surface area contributed by atoms with Crippen molar-refractivity contribution in [3.63, 3.8) is 0 Å². The van der Waals surface area contributed by atoms with Crippen LogP contribution < -0.4 is 4.74 Å². The van der Waals surface area contributed by atoms with Gasteiger partial charge in [-0.3, -0.25) is 0 Å². The van der Waals surface area contributed by atoms with E-state index in [0.29, 0.717) is 17.3 Å². The zero-order valence-corrected chi connectivity index (χ0v) is 18.9. The van der Waals surface area contributed by atoms with E-state index < -0.39 is 0 Å². The van der Waals surface area contributed by atoms with E-state index in [1.165, 1.54) is 6.07 Å². The molecule has 0 bridgehead atoms. The molecule has 1 aliphatic heterocycles. The molecule has 1 aromatic carbocycles. The molecular weight excluding hydrogens is 419 g/mol. The van der Waals surface area contributed by atoms with E-state index >= 15 is 0 Å². The molecule has 0 saturated heterocycles. The van der Waals surface area contributed by atoms with Gasteiger partial charge in [0.1, 0.15) is 17.3 Å². The normalized spacial score (nSPS) is 15.7. The van der Waals surface area contributed by atoms with Crippen molar-refractivity contribution < 1.29 is 9.13 Å². The van der Waals surface area contributed by atoms with Gasteiger partial charge in [-0.1, -0.05) is 12.1 Å². The van der Waals surface area contributed by atoms with Gasteiger partial charge in [-0.15, -0.1) is 0 Å². The van der Waals surface area contributed by atoms with Crippen LogP contribution in [0.2, 0.25) is 0 Å². The number of ether oxygens (including phenoxy) is 1. The van der Waals surface area contributed by atoms with Gasteiger partial charge < -0.3 is 9.30 Å². The van der Waals surface area contributed by atoms with Crippen LogP contribution in [0.1, 0.15) is 52.9 Å². The molecule has 4 aromatic rings. The largest absolute Gasteiger partial charge is 0.479 e. The Morgan fingerprint density at radius 2 is 2.00 bits per heavy atom. The fraction of sp³-hybridized carbons (Fsp3) is 0.280. The van der Waals surface area contributed by atoms with Crippen molar-refractivity contribution in [1.82, 2.24) is 29.3 Å². The number of benzene rings is 1. The number of hydrogen-bond acceptors (Lipinski definition) is 5. The lowest BCUT2D eigenvalue weighted by molar-refractivity contribution is 0.395. The highest BCUT2D eigenvalue weighted by atomic mass is 19.1. The van der Waals surface area contributed by atoms with Crippen LogP contribution in [0.5, 0.6) is 5.88 Å². The van der Waals surface area contributed by atoms with Crippen LogP contribution in [0.25, 0.3) is 17.8 Å². The first kappa shape index (κ1) is 21.1. The number of aromatic nitrogens is 6. The van der Waals surface area contributed by atoms with E-state index in [-0.39, 0.29) is 11.7 Å². The minimum absolute atomic E-state index is 0.115. The van der Waals surface area contributed by atoms with E-state index in [2.05, 4.69) is 15.1 Å². The van der Waals surface area contributed by atoms with Gasteiger partial charge in [-0.2, -0.15) is 5.10 Å². The summed E-state index contributed by atoms with van der Waals surface area (Å²) in [7, 11) is 1.60. The van der Waals surface area contributed by atoms with Crippen LogP contribution in [-0.2, 0) is 6.54 Å². The molecule has 1 aliphatic rings. The molecule has 0 N–H and O–H groups in total. The molecule has 7 nitrogen and oxygen atoms in total. The van der Waals surface area contributed by atoms with Crippen molar-refractivity contribution in [1.29, 1.82) is 0 Å². The number of rotatable bonds is 5. The van der Waals surface area contributed by atoms with Gasteiger partial charge in [0.2, 0.25) is 5.88 Å². The fourth-order valence-corrected chi connectivity index (χ4v) is 4.24. The Balaban J connectivity index is 1.41. The first-order valence-electron chi connectivity index (χ1n) is 11.0. The highest BCUT2D eigenvalue weighted by Gasteiger charge is 2.25. The first-order chi connectivity index (χ1) is 16.0. The van der Waals surface area contributed by atoms with Gasteiger partial charge in [0, 0.05) is 18.7 Å². The molecule has 3 aromatic heterocycles. The van der Waals surface area contributed by atoms with Crippen molar-refractivity contribution in [3.05, 3.63) is 82.8 Å². The quantitative estimate of drug-likeness (QED) is 0.446. The van der Waals surface area contributed by atoms with Crippen LogP contribution in [0, 0.1) is 19.7 Å². The second kappa shape index (κ2) is 8.61. The Kier molecular flexibility index (Phi) is 5.50. The van der Waals surface area contributed by atoms with Crippen LogP contribution in [0.15, 0.2) is 42.9 Å². The zero-order chi connectivity index (χ0) is 22.9. The Hall–Kier alpha value is -3.81. The molecule has 5 rings (SSSR count). The third-order valence-electron chi connectivity index (χ3n) is 5.92. The number of methoxy groups -OCH3 is 1. The molecule has 0 fully saturated rings. The molecule has 0 unspecified atom stereocenters. The highest BCUT2D eigenvalue weighted by Crippen LogP contribution is 2.33. The summed E-state index contributed by atoms with van der Waals surface area (Å²) >= 11 is 0. The zero-order valence-electron chi connectivity index (χ0n) is 18.9. The van der Waals surface area contributed by atoms with Crippen molar-refractivity contribution in [3.8, 4) is 11.6 Å². The second-order valence-electron chi connectivity index (χ2n) is 8.27. The monoisotopic (exact) mass is 444 g/mol. The van der Waals surface area contributed by atoms with E-state index in [1.807, 2.05) is 58.8 Å². The molecule has 0 spiro atoms. The molecule has 1 atom stereocenters. The van der Waals surface area contributed by atoms with Crippen molar-refractivity contribution >= 4 is 12.2 Å². The predicted molar refractivity (Wildman–Crippen MR) is 124 cm³/mol.